The zero-order valence-corrected chi connectivity index (χ0v) is 17.0. The lowest BCUT2D eigenvalue weighted by Crippen LogP contribution is -2.04. The van der Waals surface area contributed by atoms with E-state index in [0.717, 1.165) is 22.5 Å². The van der Waals surface area contributed by atoms with Gasteiger partial charge in [-0.15, -0.1) is 0 Å². The molecule has 2 aromatic carbocycles. The van der Waals surface area contributed by atoms with Gasteiger partial charge in [0.1, 0.15) is 11.8 Å². The maximum absolute atomic E-state index is 12.5. The van der Waals surface area contributed by atoms with Crippen LogP contribution in [0, 0.1) is 25.2 Å². The maximum atomic E-state index is 12.5. The van der Waals surface area contributed by atoms with Crippen LogP contribution in [0.15, 0.2) is 54.6 Å². The van der Waals surface area contributed by atoms with Crippen molar-refractivity contribution in [1.29, 1.82) is 5.26 Å². The van der Waals surface area contributed by atoms with E-state index < -0.39 is 0 Å². The molecule has 3 aromatic rings. The minimum absolute atomic E-state index is 0.0239. The number of halogens is 1. The van der Waals surface area contributed by atoms with Crippen molar-refractivity contribution in [2.45, 2.75) is 20.4 Å². The highest BCUT2D eigenvalue weighted by Gasteiger charge is 2.11. The number of ketones is 1. The standard InChI is InChI=1S/C23H20ClN3O2/c1-16-21(17(2)27(26-16)15-19-5-3-4-6-22(19)24)11-12-23(28)18-7-9-20(10-8-18)29-14-13-25/h3-12H,14-15H2,1-2H3/b12-11+. The molecule has 0 aliphatic rings. The first-order valence-electron chi connectivity index (χ1n) is 9.09. The third-order valence-corrected chi connectivity index (χ3v) is 4.93. The number of benzene rings is 2. The van der Waals surface area contributed by atoms with Crippen LogP contribution in [0.25, 0.3) is 6.08 Å². The molecule has 0 saturated heterocycles. The van der Waals surface area contributed by atoms with Gasteiger partial charge >= 0.3 is 0 Å². The van der Waals surface area contributed by atoms with Crippen LogP contribution >= 0.6 is 11.6 Å². The summed E-state index contributed by atoms with van der Waals surface area (Å²) in [6.07, 6.45) is 3.34. The van der Waals surface area contributed by atoms with E-state index in [9.17, 15) is 4.79 Å². The molecule has 5 nitrogen and oxygen atoms in total. The number of carbonyl (C=O) groups is 1. The van der Waals surface area contributed by atoms with Crippen LogP contribution < -0.4 is 4.74 Å². The number of allylic oxidation sites excluding steroid dienone is 1. The van der Waals surface area contributed by atoms with Crippen molar-refractivity contribution in [2.24, 2.45) is 0 Å². The molecule has 29 heavy (non-hydrogen) atoms. The van der Waals surface area contributed by atoms with Gasteiger partial charge in [0.2, 0.25) is 0 Å². The summed E-state index contributed by atoms with van der Waals surface area (Å²) < 4.78 is 7.09. The first-order valence-corrected chi connectivity index (χ1v) is 9.47. The number of nitrogens with zero attached hydrogens (tertiary/aromatic N) is 3. The van der Waals surface area contributed by atoms with Gasteiger partial charge in [0, 0.05) is 21.8 Å². The SMILES string of the molecule is Cc1nn(Cc2ccccc2Cl)c(C)c1/C=C/C(=O)c1ccc(OCC#N)cc1. The highest BCUT2D eigenvalue weighted by atomic mass is 35.5. The molecule has 1 aromatic heterocycles. The highest BCUT2D eigenvalue weighted by Crippen LogP contribution is 2.21. The van der Waals surface area contributed by atoms with Crippen LogP contribution in [0.3, 0.4) is 0 Å². The van der Waals surface area contributed by atoms with E-state index in [0.29, 0.717) is 22.9 Å². The molecule has 0 bridgehead atoms. The Hall–Kier alpha value is -3.36. The fraction of sp³-hybridized carbons (Fsp3) is 0.174. The third kappa shape index (κ3) is 4.92. The second-order valence-corrected chi connectivity index (χ2v) is 6.91. The molecule has 0 radical (unpaired) electrons. The average Bonchev–Trinajstić information content (AvgIpc) is 2.99. The Morgan fingerprint density at radius 2 is 1.93 bits per heavy atom. The van der Waals surface area contributed by atoms with Gasteiger partial charge in [-0.2, -0.15) is 10.4 Å². The Balaban J connectivity index is 1.75. The first-order chi connectivity index (χ1) is 14.0. The molecule has 0 aliphatic carbocycles. The fourth-order valence-corrected chi connectivity index (χ4v) is 3.18. The Morgan fingerprint density at radius 3 is 2.62 bits per heavy atom. The quantitative estimate of drug-likeness (QED) is 0.409. The van der Waals surface area contributed by atoms with Crippen molar-refractivity contribution < 1.29 is 9.53 Å². The molecule has 0 N–H and O–H groups in total. The van der Waals surface area contributed by atoms with Crippen LogP contribution in [-0.2, 0) is 6.54 Å². The van der Waals surface area contributed by atoms with E-state index in [1.54, 1.807) is 36.4 Å². The van der Waals surface area contributed by atoms with Gasteiger partial charge in [0.15, 0.2) is 12.4 Å². The van der Waals surface area contributed by atoms with Gasteiger partial charge < -0.3 is 4.74 Å². The van der Waals surface area contributed by atoms with Crippen molar-refractivity contribution in [2.75, 3.05) is 6.61 Å². The largest absolute Gasteiger partial charge is 0.479 e. The molecular weight excluding hydrogens is 386 g/mol. The zero-order valence-electron chi connectivity index (χ0n) is 16.2. The van der Waals surface area contributed by atoms with E-state index >= 15 is 0 Å². The zero-order chi connectivity index (χ0) is 20.8. The number of aromatic nitrogens is 2. The third-order valence-electron chi connectivity index (χ3n) is 4.56. The number of carbonyl (C=O) groups excluding carboxylic acids is 1. The molecule has 0 saturated carbocycles. The Bertz CT molecular complexity index is 1090. The molecule has 6 heteroatoms. The lowest BCUT2D eigenvalue weighted by atomic mass is 10.1. The van der Waals surface area contributed by atoms with Crippen molar-refractivity contribution in [3.63, 3.8) is 0 Å². The minimum Gasteiger partial charge on any atom is -0.479 e. The van der Waals surface area contributed by atoms with Crippen LogP contribution in [0.2, 0.25) is 5.02 Å². The molecule has 0 spiro atoms. The number of hydrogen-bond acceptors (Lipinski definition) is 4. The highest BCUT2D eigenvalue weighted by molar-refractivity contribution is 6.31. The van der Waals surface area contributed by atoms with Crippen LogP contribution in [0.1, 0.15) is 32.9 Å². The maximum Gasteiger partial charge on any atom is 0.185 e. The summed E-state index contributed by atoms with van der Waals surface area (Å²) in [5.41, 5.74) is 4.26. The normalized spacial score (nSPS) is 10.8. The summed E-state index contributed by atoms with van der Waals surface area (Å²) in [6, 6.07) is 16.3. The number of rotatable bonds is 7. The second kappa shape index (κ2) is 9.22. The molecule has 0 fully saturated rings. The van der Waals surface area contributed by atoms with Gasteiger partial charge in [-0.1, -0.05) is 29.8 Å². The molecule has 0 aliphatic heterocycles. The minimum atomic E-state index is -0.116. The average molecular weight is 406 g/mol. The molecule has 0 atom stereocenters. The van der Waals surface area contributed by atoms with Gasteiger partial charge in [0.25, 0.3) is 0 Å². The summed E-state index contributed by atoms with van der Waals surface area (Å²) >= 11 is 6.26. The van der Waals surface area contributed by atoms with Crippen LogP contribution in [0.5, 0.6) is 5.75 Å². The topological polar surface area (TPSA) is 67.9 Å². The number of hydrogen-bond donors (Lipinski definition) is 0. The summed E-state index contributed by atoms with van der Waals surface area (Å²) in [5.74, 6) is 0.439. The van der Waals surface area contributed by atoms with Crippen molar-refractivity contribution >= 4 is 23.5 Å². The van der Waals surface area contributed by atoms with E-state index in [-0.39, 0.29) is 12.4 Å². The number of aryl methyl sites for hydroxylation is 1. The predicted octanol–water partition coefficient (Wildman–Crippen LogP) is 5.00. The monoisotopic (exact) mass is 405 g/mol. The van der Waals surface area contributed by atoms with Crippen molar-refractivity contribution in [3.05, 3.63) is 87.7 Å². The first kappa shape index (κ1) is 20.4. The van der Waals surface area contributed by atoms with E-state index in [1.807, 2.05) is 48.9 Å². The molecule has 1 heterocycles. The summed E-state index contributed by atoms with van der Waals surface area (Å²) in [7, 11) is 0. The van der Waals surface area contributed by atoms with E-state index in [1.165, 1.54) is 0 Å². The summed E-state index contributed by atoms with van der Waals surface area (Å²) in [5, 5.41) is 13.8. The van der Waals surface area contributed by atoms with E-state index in [4.69, 9.17) is 21.6 Å². The smallest absolute Gasteiger partial charge is 0.185 e. The molecule has 3 rings (SSSR count). The molecule has 146 valence electrons. The van der Waals surface area contributed by atoms with E-state index in [2.05, 4.69) is 5.10 Å². The molecule has 0 amide bonds. The summed E-state index contributed by atoms with van der Waals surface area (Å²) in [4.78, 5) is 12.5. The van der Waals surface area contributed by atoms with Gasteiger partial charge in [-0.05, 0) is 61.9 Å². The Kier molecular flexibility index (Phi) is 6.48. The molecular formula is C23H20ClN3O2. The lowest BCUT2D eigenvalue weighted by molar-refractivity contribution is 0.104. The van der Waals surface area contributed by atoms with Gasteiger partial charge in [-0.3, -0.25) is 9.48 Å². The lowest BCUT2D eigenvalue weighted by Gasteiger charge is -2.06. The van der Waals surface area contributed by atoms with Crippen LogP contribution in [0.4, 0.5) is 0 Å². The van der Waals surface area contributed by atoms with Crippen LogP contribution in [-0.4, -0.2) is 22.2 Å². The fourth-order valence-electron chi connectivity index (χ4n) is 2.98. The second-order valence-electron chi connectivity index (χ2n) is 6.50. The van der Waals surface area contributed by atoms with Gasteiger partial charge in [0.05, 0.1) is 12.2 Å². The van der Waals surface area contributed by atoms with Crippen molar-refractivity contribution in [3.8, 4) is 11.8 Å². The number of nitriles is 1. The number of ether oxygens (including phenoxy) is 1. The van der Waals surface area contributed by atoms with Crippen molar-refractivity contribution in [1.82, 2.24) is 9.78 Å². The molecule has 0 unspecified atom stereocenters. The Labute approximate surface area is 174 Å². The predicted molar refractivity (Wildman–Crippen MR) is 113 cm³/mol. The van der Waals surface area contributed by atoms with Gasteiger partial charge in [-0.25, -0.2) is 0 Å². The Morgan fingerprint density at radius 1 is 1.21 bits per heavy atom. The summed E-state index contributed by atoms with van der Waals surface area (Å²) in [6.45, 7) is 4.44.